The van der Waals surface area contributed by atoms with E-state index in [0.29, 0.717) is 0 Å². The number of aryl methyl sites for hydroxylation is 1. The predicted octanol–water partition coefficient (Wildman–Crippen LogP) is 4.43. The second kappa shape index (κ2) is 7.87. The lowest BCUT2D eigenvalue weighted by atomic mass is 10.1. The Hall–Kier alpha value is -2.07. The number of carbonyl (C=O) groups excluding carboxylic acids is 1. The van der Waals surface area contributed by atoms with Gasteiger partial charge in [0.15, 0.2) is 0 Å². The normalized spacial score (nSPS) is 15.0. The lowest BCUT2D eigenvalue weighted by Crippen LogP contribution is -2.48. The van der Waals surface area contributed by atoms with E-state index in [0.717, 1.165) is 36.2 Å². The van der Waals surface area contributed by atoms with Gasteiger partial charge in [0.25, 0.3) is 0 Å². The summed E-state index contributed by atoms with van der Waals surface area (Å²) in [5.74, 6) is 0.0800. The third kappa shape index (κ3) is 4.13. The molecule has 0 saturated carbocycles. The molecule has 0 atom stereocenters. The fourth-order valence-corrected chi connectivity index (χ4v) is 3.54. The van der Waals surface area contributed by atoms with Crippen LogP contribution in [0.15, 0.2) is 53.0 Å². The lowest BCUT2D eigenvalue weighted by Gasteiger charge is -2.36. The van der Waals surface area contributed by atoms with Crippen LogP contribution < -0.4 is 4.90 Å². The van der Waals surface area contributed by atoms with Crippen LogP contribution in [0.4, 0.5) is 5.69 Å². The molecule has 3 nitrogen and oxygen atoms in total. The van der Waals surface area contributed by atoms with Crippen LogP contribution in [-0.4, -0.2) is 37.0 Å². The molecule has 25 heavy (non-hydrogen) atoms. The van der Waals surface area contributed by atoms with Gasteiger partial charge in [-0.1, -0.05) is 46.3 Å². The van der Waals surface area contributed by atoms with Gasteiger partial charge in [-0.25, -0.2) is 0 Å². The van der Waals surface area contributed by atoms with Crippen molar-refractivity contribution in [3.63, 3.8) is 0 Å². The van der Waals surface area contributed by atoms with Gasteiger partial charge in [0, 0.05) is 42.4 Å². The lowest BCUT2D eigenvalue weighted by molar-refractivity contribution is -0.126. The first-order chi connectivity index (χ1) is 12.1. The Morgan fingerprint density at radius 2 is 1.72 bits per heavy atom. The second-order valence-corrected chi connectivity index (χ2v) is 7.24. The molecule has 1 fully saturated rings. The van der Waals surface area contributed by atoms with E-state index in [9.17, 15) is 4.79 Å². The van der Waals surface area contributed by atoms with Gasteiger partial charge in [-0.15, -0.1) is 0 Å². The van der Waals surface area contributed by atoms with Gasteiger partial charge in [-0.05, 0) is 48.7 Å². The fourth-order valence-electron chi connectivity index (χ4n) is 3.12. The molecule has 0 aliphatic carbocycles. The molecule has 0 radical (unpaired) electrons. The average molecular weight is 399 g/mol. The number of piperazine rings is 1. The number of halogens is 1. The fraction of sp³-hybridized carbons (Fsp3) is 0.286. The second-order valence-electron chi connectivity index (χ2n) is 6.39. The van der Waals surface area contributed by atoms with Gasteiger partial charge in [0.2, 0.25) is 5.91 Å². The minimum Gasteiger partial charge on any atom is -0.368 e. The number of nitrogens with zero attached hydrogens (tertiary/aromatic N) is 2. The van der Waals surface area contributed by atoms with Crippen molar-refractivity contribution in [1.29, 1.82) is 0 Å². The van der Waals surface area contributed by atoms with Crippen molar-refractivity contribution in [2.45, 2.75) is 13.8 Å². The number of amides is 1. The highest BCUT2D eigenvalue weighted by atomic mass is 79.9. The number of hydrogen-bond acceptors (Lipinski definition) is 2. The van der Waals surface area contributed by atoms with Crippen molar-refractivity contribution in [3.05, 3.63) is 69.7 Å². The minimum absolute atomic E-state index is 0.0800. The Balaban J connectivity index is 1.61. The van der Waals surface area contributed by atoms with E-state index < -0.39 is 0 Å². The van der Waals surface area contributed by atoms with Crippen molar-refractivity contribution < 1.29 is 4.79 Å². The van der Waals surface area contributed by atoms with Crippen LogP contribution >= 0.6 is 15.9 Å². The van der Waals surface area contributed by atoms with Crippen LogP contribution in [0, 0.1) is 13.8 Å². The third-order valence-electron chi connectivity index (χ3n) is 4.82. The quantitative estimate of drug-likeness (QED) is 0.713. The molecule has 130 valence electrons. The van der Waals surface area contributed by atoms with Crippen LogP contribution in [0.3, 0.4) is 0 Å². The summed E-state index contributed by atoms with van der Waals surface area (Å²) in [6.45, 7) is 7.57. The van der Waals surface area contributed by atoms with Crippen LogP contribution in [0.1, 0.15) is 16.7 Å². The number of carbonyl (C=O) groups is 1. The highest BCUT2D eigenvalue weighted by molar-refractivity contribution is 9.10. The first-order valence-corrected chi connectivity index (χ1v) is 9.38. The molecular formula is C21H23BrN2O. The summed E-state index contributed by atoms with van der Waals surface area (Å²) in [6, 6.07) is 14.3. The molecule has 1 aliphatic heterocycles. The zero-order valence-electron chi connectivity index (χ0n) is 14.7. The summed E-state index contributed by atoms with van der Waals surface area (Å²) >= 11 is 3.51. The van der Waals surface area contributed by atoms with Gasteiger partial charge >= 0.3 is 0 Å². The predicted molar refractivity (Wildman–Crippen MR) is 108 cm³/mol. The van der Waals surface area contributed by atoms with Gasteiger partial charge in [0.1, 0.15) is 0 Å². The number of anilines is 1. The highest BCUT2D eigenvalue weighted by Crippen LogP contribution is 2.24. The SMILES string of the molecule is Cc1cccc(N2CCN(C(=O)C=Cc3ccccc3Br)CC2)c1C. The van der Waals surface area contributed by atoms with E-state index in [1.54, 1.807) is 6.08 Å². The molecule has 0 N–H and O–H groups in total. The molecule has 4 heteroatoms. The number of benzene rings is 2. The Labute approximate surface area is 158 Å². The van der Waals surface area contributed by atoms with Crippen LogP contribution in [0.5, 0.6) is 0 Å². The molecule has 2 aromatic carbocycles. The molecule has 3 rings (SSSR count). The molecule has 0 spiro atoms. The van der Waals surface area contributed by atoms with Crippen molar-refractivity contribution in [1.82, 2.24) is 4.90 Å². The Morgan fingerprint density at radius 3 is 2.44 bits per heavy atom. The topological polar surface area (TPSA) is 23.6 Å². The van der Waals surface area contributed by atoms with Crippen molar-refractivity contribution in [3.8, 4) is 0 Å². The maximum atomic E-state index is 12.5. The maximum Gasteiger partial charge on any atom is 0.246 e. The zero-order valence-corrected chi connectivity index (χ0v) is 16.3. The van der Waals surface area contributed by atoms with E-state index in [4.69, 9.17) is 0 Å². The average Bonchev–Trinajstić information content (AvgIpc) is 2.63. The molecule has 0 unspecified atom stereocenters. The molecule has 0 aromatic heterocycles. The van der Waals surface area contributed by atoms with Crippen molar-refractivity contribution >= 4 is 33.6 Å². The summed E-state index contributed by atoms with van der Waals surface area (Å²) < 4.78 is 0.999. The van der Waals surface area contributed by atoms with E-state index in [1.165, 1.54) is 16.8 Å². The maximum absolute atomic E-state index is 12.5. The molecule has 0 bridgehead atoms. The first-order valence-electron chi connectivity index (χ1n) is 8.59. The summed E-state index contributed by atoms with van der Waals surface area (Å²) in [6.07, 6.45) is 3.55. The number of rotatable bonds is 3. The summed E-state index contributed by atoms with van der Waals surface area (Å²) in [5.41, 5.74) is 4.95. The summed E-state index contributed by atoms with van der Waals surface area (Å²) in [7, 11) is 0. The largest absolute Gasteiger partial charge is 0.368 e. The standard InChI is InChI=1S/C21H23BrN2O/c1-16-6-5-9-20(17(16)2)23-12-14-24(15-13-23)21(25)11-10-18-7-3-4-8-19(18)22/h3-11H,12-15H2,1-2H3. The molecule has 2 aromatic rings. The molecule has 1 aliphatic rings. The van der Waals surface area contributed by atoms with E-state index in [2.05, 4.69) is 52.9 Å². The smallest absolute Gasteiger partial charge is 0.246 e. The first kappa shape index (κ1) is 17.7. The van der Waals surface area contributed by atoms with E-state index in [1.807, 2.05) is 35.2 Å². The summed E-state index contributed by atoms with van der Waals surface area (Å²) in [5, 5.41) is 0. The van der Waals surface area contributed by atoms with Crippen LogP contribution in [0.2, 0.25) is 0 Å². The Bertz CT molecular complexity index is 792. The summed E-state index contributed by atoms with van der Waals surface area (Å²) in [4.78, 5) is 16.8. The van der Waals surface area contributed by atoms with Gasteiger partial charge in [0.05, 0.1) is 0 Å². The molecular weight excluding hydrogens is 376 g/mol. The molecule has 1 heterocycles. The molecule has 1 saturated heterocycles. The van der Waals surface area contributed by atoms with E-state index >= 15 is 0 Å². The Morgan fingerprint density at radius 1 is 1.00 bits per heavy atom. The van der Waals surface area contributed by atoms with E-state index in [-0.39, 0.29) is 5.91 Å². The van der Waals surface area contributed by atoms with Gasteiger partial charge in [-0.2, -0.15) is 0 Å². The van der Waals surface area contributed by atoms with Gasteiger partial charge in [-0.3, -0.25) is 4.79 Å². The van der Waals surface area contributed by atoms with Gasteiger partial charge < -0.3 is 9.80 Å². The number of hydrogen-bond donors (Lipinski definition) is 0. The van der Waals surface area contributed by atoms with Crippen molar-refractivity contribution in [2.24, 2.45) is 0 Å². The van der Waals surface area contributed by atoms with Crippen molar-refractivity contribution in [2.75, 3.05) is 31.1 Å². The third-order valence-corrected chi connectivity index (χ3v) is 5.54. The van der Waals surface area contributed by atoms with Crippen LogP contribution in [0.25, 0.3) is 6.08 Å². The monoisotopic (exact) mass is 398 g/mol. The minimum atomic E-state index is 0.0800. The highest BCUT2D eigenvalue weighted by Gasteiger charge is 2.21. The van der Waals surface area contributed by atoms with Crippen LogP contribution in [-0.2, 0) is 4.79 Å². The Kier molecular flexibility index (Phi) is 5.59. The molecule has 1 amide bonds. The zero-order chi connectivity index (χ0) is 17.8.